The normalized spacial score (nSPS) is 29.8. The Morgan fingerprint density at radius 1 is 1.38 bits per heavy atom. The van der Waals surface area contributed by atoms with Gasteiger partial charge in [0.2, 0.25) is 0 Å². The van der Waals surface area contributed by atoms with Gasteiger partial charge in [0.1, 0.15) is 0 Å². The summed E-state index contributed by atoms with van der Waals surface area (Å²) in [5.74, 6) is 1.50. The maximum absolute atomic E-state index is 5.26. The Balaban J connectivity index is 2.26. The molecule has 0 aromatic carbocycles. The summed E-state index contributed by atoms with van der Waals surface area (Å²) in [5, 5.41) is 7.35. The summed E-state index contributed by atoms with van der Waals surface area (Å²) < 4.78 is 4.97. The molecule has 0 aliphatic heterocycles. The molecule has 16 heavy (non-hydrogen) atoms. The highest BCUT2D eigenvalue weighted by Gasteiger charge is 2.27. The van der Waals surface area contributed by atoms with E-state index in [0.717, 1.165) is 17.6 Å². The Labute approximate surface area is 104 Å². The highest BCUT2D eigenvalue weighted by atomic mass is 32.1. The van der Waals surface area contributed by atoms with Crippen molar-refractivity contribution in [3.63, 3.8) is 0 Å². The minimum atomic E-state index is 0.534. The molecule has 4 heteroatoms. The van der Waals surface area contributed by atoms with Gasteiger partial charge in [-0.15, -0.1) is 0 Å². The third-order valence-electron chi connectivity index (χ3n) is 3.62. The fourth-order valence-corrected chi connectivity index (χ4v) is 2.53. The summed E-state index contributed by atoms with van der Waals surface area (Å²) in [6, 6.07) is 0.534. The lowest BCUT2D eigenvalue weighted by Gasteiger charge is -2.35. The maximum Gasteiger partial charge on any atom is 0.166 e. The molecule has 0 aromatic rings. The van der Waals surface area contributed by atoms with Crippen molar-refractivity contribution in [1.82, 2.24) is 10.6 Å². The van der Waals surface area contributed by atoms with Crippen molar-refractivity contribution in [2.24, 2.45) is 11.8 Å². The Morgan fingerprint density at radius 3 is 2.81 bits per heavy atom. The lowest BCUT2D eigenvalue weighted by molar-refractivity contribution is 0.202. The topological polar surface area (TPSA) is 33.3 Å². The molecule has 1 fully saturated rings. The summed E-state index contributed by atoms with van der Waals surface area (Å²) in [6.45, 7) is 6.12. The van der Waals surface area contributed by atoms with Gasteiger partial charge in [0.05, 0.1) is 6.61 Å². The molecule has 3 nitrogen and oxygen atoms in total. The van der Waals surface area contributed by atoms with E-state index in [9.17, 15) is 0 Å². The van der Waals surface area contributed by atoms with E-state index in [1.54, 1.807) is 7.11 Å². The zero-order chi connectivity index (χ0) is 12.0. The first kappa shape index (κ1) is 13.7. The van der Waals surface area contributed by atoms with Crippen LogP contribution in [0.2, 0.25) is 0 Å². The quantitative estimate of drug-likeness (QED) is 0.585. The van der Waals surface area contributed by atoms with Crippen LogP contribution in [-0.4, -0.2) is 31.4 Å². The fraction of sp³-hybridized carbons (Fsp3) is 0.917. The zero-order valence-corrected chi connectivity index (χ0v) is 11.4. The van der Waals surface area contributed by atoms with Crippen LogP contribution in [0.1, 0.15) is 33.1 Å². The first-order valence-electron chi connectivity index (χ1n) is 6.18. The third-order valence-corrected chi connectivity index (χ3v) is 3.88. The smallest absolute Gasteiger partial charge is 0.166 e. The molecule has 1 aliphatic carbocycles. The predicted molar refractivity (Wildman–Crippen MR) is 71.6 cm³/mol. The van der Waals surface area contributed by atoms with Gasteiger partial charge in [0.15, 0.2) is 5.11 Å². The minimum Gasteiger partial charge on any atom is -0.383 e. The number of hydrogen-bond donors (Lipinski definition) is 2. The zero-order valence-electron chi connectivity index (χ0n) is 10.6. The van der Waals surface area contributed by atoms with Gasteiger partial charge in [-0.3, -0.25) is 0 Å². The summed E-state index contributed by atoms with van der Waals surface area (Å²) in [7, 11) is 1.70. The van der Waals surface area contributed by atoms with E-state index in [1.165, 1.54) is 19.3 Å². The van der Waals surface area contributed by atoms with Crippen molar-refractivity contribution in [3.05, 3.63) is 0 Å². The second-order valence-electron chi connectivity index (χ2n) is 4.77. The molecule has 0 heterocycles. The number of ether oxygens (including phenoxy) is 1. The van der Waals surface area contributed by atoms with Crippen molar-refractivity contribution >= 4 is 17.3 Å². The van der Waals surface area contributed by atoms with E-state index in [1.807, 2.05) is 0 Å². The third kappa shape index (κ3) is 4.26. The molecule has 1 aliphatic rings. The summed E-state index contributed by atoms with van der Waals surface area (Å²) in [5.41, 5.74) is 0. The van der Waals surface area contributed by atoms with Gasteiger partial charge < -0.3 is 15.4 Å². The Kier molecular flexibility index (Phi) is 6.06. The van der Waals surface area contributed by atoms with Crippen molar-refractivity contribution in [1.29, 1.82) is 0 Å². The van der Waals surface area contributed by atoms with E-state index in [0.29, 0.717) is 18.6 Å². The molecule has 0 aromatic heterocycles. The lowest BCUT2D eigenvalue weighted by Crippen LogP contribution is -2.48. The molecule has 0 amide bonds. The van der Waals surface area contributed by atoms with Crippen molar-refractivity contribution in [3.8, 4) is 0 Å². The SMILES string of the molecule is COCCNC(=S)N[C@H]1CCC[C@H](C)[C@H]1C. The van der Waals surface area contributed by atoms with E-state index in [-0.39, 0.29) is 0 Å². The average molecular weight is 244 g/mol. The van der Waals surface area contributed by atoms with Crippen LogP contribution >= 0.6 is 12.2 Å². The monoisotopic (exact) mass is 244 g/mol. The van der Waals surface area contributed by atoms with Gasteiger partial charge in [0.25, 0.3) is 0 Å². The van der Waals surface area contributed by atoms with E-state index in [4.69, 9.17) is 17.0 Å². The molecule has 0 spiro atoms. The standard InChI is InChI=1S/C12H24N2OS/c1-9-5-4-6-11(10(9)2)14-12(16)13-7-8-15-3/h9-11H,4-8H2,1-3H3,(H2,13,14,16)/t9-,10+,11-/m0/s1. The van der Waals surface area contributed by atoms with Crippen LogP contribution in [0.5, 0.6) is 0 Å². The first-order valence-corrected chi connectivity index (χ1v) is 6.59. The van der Waals surface area contributed by atoms with E-state index < -0.39 is 0 Å². The average Bonchev–Trinajstić information content (AvgIpc) is 2.25. The van der Waals surface area contributed by atoms with Gasteiger partial charge >= 0.3 is 0 Å². The summed E-state index contributed by atoms with van der Waals surface area (Å²) >= 11 is 5.26. The van der Waals surface area contributed by atoms with Gasteiger partial charge in [-0.1, -0.05) is 26.7 Å². The molecular formula is C12H24N2OS. The number of nitrogens with one attached hydrogen (secondary N) is 2. The second kappa shape index (κ2) is 7.07. The van der Waals surface area contributed by atoms with Gasteiger partial charge in [-0.2, -0.15) is 0 Å². The summed E-state index contributed by atoms with van der Waals surface area (Å²) in [4.78, 5) is 0. The van der Waals surface area contributed by atoms with Crippen molar-refractivity contribution in [2.45, 2.75) is 39.2 Å². The maximum atomic E-state index is 5.26. The van der Waals surface area contributed by atoms with E-state index in [2.05, 4.69) is 24.5 Å². The molecule has 94 valence electrons. The molecule has 0 unspecified atom stereocenters. The molecule has 1 rings (SSSR count). The van der Waals surface area contributed by atoms with Gasteiger partial charge in [-0.05, 0) is 30.5 Å². The minimum absolute atomic E-state index is 0.534. The van der Waals surface area contributed by atoms with Crippen LogP contribution < -0.4 is 10.6 Å². The molecule has 1 saturated carbocycles. The Hall–Kier alpha value is -0.350. The second-order valence-corrected chi connectivity index (χ2v) is 5.18. The molecule has 3 atom stereocenters. The number of hydrogen-bond acceptors (Lipinski definition) is 2. The van der Waals surface area contributed by atoms with Crippen molar-refractivity contribution < 1.29 is 4.74 Å². The van der Waals surface area contributed by atoms with Crippen LogP contribution in [0.25, 0.3) is 0 Å². The molecule has 2 N–H and O–H groups in total. The summed E-state index contributed by atoms with van der Waals surface area (Å²) in [6.07, 6.45) is 3.89. The number of thiocarbonyl (C=S) groups is 1. The molecule has 0 bridgehead atoms. The largest absolute Gasteiger partial charge is 0.383 e. The highest BCUT2D eigenvalue weighted by Crippen LogP contribution is 2.29. The lowest BCUT2D eigenvalue weighted by atomic mass is 9.78. The first-order chi connectivity index (χ1) is 7.65. The van der Waals surface area contributed by atoms with Crippen LogP contribution in [0.4, 0.5) is 0 Å². The number of methoxy groups -OCH3 is 1. The molecular weight excluding hydrogens is 220 g/mol. The highest BCUT2D eigenvalue weighted by molar-refractivity contribution is 7.80. The fourth-order valence-electron chi connectivity index (χ4n) is 2.27. The molecule has 0 saturated heterocycles. The number of rotatable bonds is 4. The van der Waals surface area contributed by atoms with Gasteiger partial charge in [0, 0.05) is 19.7 Å². The van der Waals surface area contributed by atoms with Crippen LogP contribution in [-0.2, 0) is 4.74 Å². The Bertz CT molecular complexity index is 223. The van der Waals surface area contributed by atoms with Crippen LogP contribution in [0, 0.1) is 11.8 Å². The van der Waals surface area contributed by atoms with Crippen LogP contribution in [0.15, 0.2) is 0 Å². The van der Waals surface area contributed by atoms with E-state index >= 15 is 0 Å². The molecule has 0 radical (unpaired) electrons. The van der Waals surface area contributed by atoms with Crippen LogP contribution in [0.3, 0.4) is 0 Å². The predicted octanol–water partition coefficient (Wildman–Crippen LogP) is 1.92. The Morgan fingerprint density at radius 2 is 2.12 bits per heavy atom. The van der Waals surface area contributed by atoms with Crippen molar-refractivity contribution in [2.75, 3.05) is 20.3 Å². The van der Waals surface area contributed by atoms with Gasteiger partial charge in [-0.25, -0.2) is 0 Å².